The van der Waals surface area contributed by atoms with Crippen LogP contribution in [0.4, 0.5) is 4.39 Å². The fraction of sp³-hybridized carbons (Fsp3) is 0.632. The van der Waals surface area contributed by atoms with E-state index in [1.807, 2.05) is 0 Å². The van der Waals surface area contributed by atoms with Gasteiger partial charge < -0.3 is 5.32 Å². The summed E-state index contributed by atoms with van der Waals surface area (Å²) in [5, 5.41) is 3.47. The average Bonchev–Trinajstić information content (AvgIpc) is 2.52. The Labute approximate surface area is 144 Å². The van der Waals surface area contributed by atoms with Gasteiger partial charge in [-0.2, -0.15) is 0 Å². The number of benzene rings is 1. The third-order valence-electron chi connectivity index (χ3n) is 6.10. The molecule has 1 N–H and O–H groups in total. The number of hydrogen-bond donors (Lipinski definition) is 1. The Morgan fingerprint density at radius 1 is 1.26 bits per heavy atom. The largest absolute Gasteiger partial charge is 0.316 e. The van der Waals surface area contributed by atoms with E-state index in [1.165, 1.54) is 31.4 Å². The number of Topliss-reactive ketones (excluding diaryl/α,β-unsaturated/α-hetero) is 1. The first-order valence-electron chi connectivity index (χ1n) is 8.48. The molecule has 2 bridgehead atoms. The number of hydrogen-bond acceptors (Lipinski definition) is 2. The SMILES string of the molecule is CC1(C)C2CCC(CNCCC(=O)c3ccc(F)cc3)C1C2.Cl. The summed E-state index contributed by atoms with van der Waals surface area (Å²) < 4.78 is 12.8. The lowest BCUT2D eigenvalue weighted by Gasteiger charge is -2.60. The first-order valence-corrected chi connectivity index (χ1v) is 8.48. The van der Waals surface area contributed by atoms with Gasteiger partial charge in [0.15, 0.2) is 5.78 Å². The minimum atomic E-state index is -0.298. The highest BCUT2D eigenvalue weighted by Gasteiger charge is 2.53. The van der Waals surface area contributed by atoms with Crippen LogP contribution >= 0.6 is 12.4 Å². The van der Waals surface area contributed by atoms with Crippen LogP contribution in [0.1, 0.15) is 49.9 Å². The Balaban J connectivity index is 0.00000192. The van der Waals surface area contributed by atoms with Crippen molar-refractivity contribution in [1.82, 2.24) is 5.32 Å². The fourth-order valence-electron chi connectivity index (χ4n) is 4.48. The van der Waals surface area contributed by atoms with Crippen LogP contribution in [0.2, 0.25) is 0 Å². The number of fused-ring (bicyclic) bond motifs is 2. The molecule has 4 rings (SSSR count). The van der Waals surface area contributed by atoms with Crippen molar-refractivity contribution in [1.29, 1.82) is 0 Å². The molecule has 0 heterocycles. The summed E-state index contributed by atoms with van der Waals surface area (Å²) in [4.78, 5) is 12.0. The Morgan fingerprint density at radius 3 is 2.57 bits per heavy atom. The van der Waals surface area contributed by atoms with Crippen LogP contribution in [0.25, 0.3) is 0 Å². The van der Waals surface area contributed by atoms with Gasteiger partial charge in [-0.1, -0.05) is 13.8 Å². The molecule has 128 valence electrons. The van der Waals surface area contributed by atoms with Gasteiger partial charge in [0.05, 0.1) is 0 Å². The summed E-state index contributed by atoms with van der Waals surface area (Å²) in [6.07, 6.45) is 4.57. The van der Waals surface area contributed by atoms with Crippen LogP contribution in [-0.4, -0.2) is 18.9 Å². The van der Waals surface area contributed by atoms with Crippen LogP contribution in [0.15, 0.2) is 24.3 Å². The van der Waals surface area contributed by atoms with Gasteiger partial charge >= 0.3 is 0 Å². The minimum Gasteiger partial charge on any atom is -0.316 e. The molecule has 3 unspecified atom stereocenters. The standard InChI is InChI=1S/C19H26FNO.ClH/c1-19(2)15-6-3-14(17(19)11-15)12-21-10-9-18(22)13-4-7-16(20)8-5-13;/h4-5,7-8,14-15,17,21H,3,6,9-12H2,1-2H3;1H. The molecule has 1 aromatic carbocycles. The van der Waals surface area contributed by atoms with E-state index in [-0.39, 0.29) is 24.0 Å². The van der Waals surface area contributed by atoms with Crippen LogP contribution in [0, 0.1) is 29.0 Å². The second-order valence-electron chi connectivity index (χ2n) is 7.58. The molecule has 0 saturated heterocycles. The zero-order valence-corrected chi connectivity index (χ0v) is 14.8. The van der Waals surface area contributed by atoms with Crippen molar-refractivity contribution in [3.63, 3.8) is 0 Å². The van der Waals surface area contributed by atoms with Crippen LogP contribution < -0.4 is 5.32 Å². The minimum absolute atomic E-state index is 0. The lowest BCUT2D eigenvalue weighted by atomic mass is 9.45. The molecule has 23 heavy (non-hydrogen) atoms. The lowest BCUT2D eigenvalue weighted by Crippen LogP contribution is -2.54. The van der Waals surface area contributed by atoms with E-state index >= 15 is 0 Å². The van der Waals surface area contributed by atoms with E-state index in [1.54, 1.807) is 12.1 Å². The van der Waals surface area contributed by atoms with E-state index in [4.69, 9.17) is 0 Å². The van der Waals surface area contributed by atoms with Gasteiger partial charge in [-0.3, -0.25) is 4.79 Å². The highest BCUT2D eigenvalue weighted by atomic mass is 35.5. The summed E-state index contributed by atoms with van der Waals surface area (Å²) in [5.74, 6) is 2.34. The summed E-state index contributed by atoms with van der Waals surface area (Å²) in [6, 6.07) is 5.82. The van der Waals surface area contributed by atoms with E-state index in [0.29, 0.717) is 23.9 Å². The molecule has 1 aromatic rings. The smallest absolute Gasteiger partial charge is 0.164 e. The van der Waals surface area contributed by atoms with Crippen molar-refractivity contribution in [2.75, 3.05) is 13.1 Å². The summed E-state index contributed by atoms with van der Waals surface area (Å²) >= 11 is 0. The molecule has 0 aliphatic heterocycles. The molecule has 2 nitrogen and oxygen atoms in total. The van der Waals surface area contributed by atoms with Gasteiger partial charge in [-0.25, -0.2) is 4.39 Å². The Hall–Kier alpha value is -0.930. The maximum atomic E-state index is 12.8. The van der Waals surface area contributed by atoms with E-state index < -0.39 is 0 Å². The second kappa shape index (κ2) is 7.31. The molecule has 0 amide bonds. The number of nitrogens with one attached hydrogen (secondary N) is 1. The van der Waals surface area contributed by atoms with Gasteiger partial charge in [-0.05, 0) is 73.2 Å². The van der Waals surface area contributed by atoms with Gasteiger partial charge in [-0.15, -0.1) is 12.4 Å². The summed E-state index contributed by atoms with van der Waals surface area (Å²) in [5.41, 5.74) is 1.12. The Kier molecular flexibility index (Phi) is 5.85. The van der Waals surface area contributed by atoms with Gasteiger partial charge in [0.1, 0.15) is 5.82 Å². The third-order valence-corrected chi connectivity index (χ3v) is 6.10. The third kappa shape index (κ3) is 3.77. The molecule has 0 radical (unpaired) electrons. The maximum Gasteiger partial charge on any atom is 0.164 e. The molecular formula is C19H27ClFNO. The van der Waals surface area contributed by atoms with E-state index in [9.17, 15) is 9.18 Å². The van der Waals surface area contributed by atoms with Gasteiger partial charge in [0, 0.05) is 18.5 Å². The van der Waals surface area contributed by atoms with Crippen molar-refractivity contribution in [3.8, 4) is 0 Å². The molecule has 3 aliphatic rings. The van der Waals surface area contributed by atoms with Crippen molar-refractivity contribution < 1.29 is 9.18 Å². The molecule has 3 fully saturated rings. The van der Waals surface area contributed by atoms with Crippen molar-refractivity contribution >= 4 is 18.2 Å². The van der Waals surface area contributed by atoms with Crippen LogP contribution in [-0.2, 0) is 0 Å². The van der Waals surface area contributed by atoms with Crippen molar-refractivity contribution in [3.05, 3.63) is 35.6 Å². The Morgan fingerprint density at radius 2 is 1.96 bits per heavy atom. The molecule has 3 aliphatic carbocycles. The zero-order valence-electron chi connectivity index (χ0n) is 14.0. The summed E-state index contributed by atoms with van der Waals surface area (Å²) in [7, 11) is 0. The predicted molar refractivity (Wildman–Crippen MR) is 93.6 cm³/mol. The molecule has 4 heteroatoms. The van der Waals surface area contributed by atoms with E-state index in [2.05, 4.69) is 19.2 Å². The van der Waals surface area contributed by atoms with Crippen LogP contribution in [0.5, 0.6) is 0 Å². The topological polar surface area (TPSA) is 29.1 Å². The molecular weight excluding hydrogens is 313 g/mol. The molecule has 3 atom stereocenters. The van der Waals surface area contributed by atoms with Crippen molar-refractivity contribution in [2.45, 2.75) is 39.5 Å². The highest BCUT2D eigenvalue weighted by molar-refractivity contribution is 5.96. The normalized spacial score (nSPS) is 27.7. The summed E-state index contributed by atoms with van der Waals surface area (Å²) in [6.45, 7) is 6.56. The molecule has 0 spiro atoms. The first-order chi connectivity index (χ1) is 10.5. The maximum absolute atomic E-state index is 12.8. The number of ketones is 1. The molecule has 3 saturated carbocycles. The van der Waals surface area contributed by atoms with Gasteiger partial charge in [0.25, 0.3) is 0 Å². The second-order valence-corrected chi connectivity index (χ2v) is 7.58. The number of carbonyl (C=O) groups is 1. The predicted octanol–water partition coefficient (Wildman–Crippen LogP) is 4.48. The fourth-order valence-corrected chi connectivity index (χ4v) is 4.48. The van der Waals surface area contributed by atoms with Crippen molar-refractivity contribution in [2.24, 2.45) is 23.2 Å². The zero-order chi connectivity index (χ0) is 15.7. The van der Waals surface area contributed by atoms with Crippen LogP contribution in [0.3, 0.4) is 0 Å². The first kappa shape index (κ1) is 18.4. The number of rotatable bonds is 6. The average molecular weight is 340 g/mol. The highest BCUT2D eigenvalue weighted by Crippen LogP contribution is 2.61. The van der Waals surface area contributed by atoms with Gasteiger partial charge in [0.2, 0.25) is 0 Å². The lowest BCUT2D eigenvalue weighted by molar-refractivity contribution is -0.103. The monoisotopic (exact) mass is 339 g/mol. The quantitative estimate of drug-likeness (QED) is 0.611. The number of halogens is 2. The van der Waals surface area contributed by atoms with E-state index in [0.717, 1.165) is 24.3 Å². The number of carbonyl (C=O) groups excluding carboxylic acids is 1. The molecule has 0 aromatic heterocycles. The Bertz CT molecular complexity index is 541.